The van der Waals surface area contributed by atoms with E-state index in [1.807, 2.05) is 60.7 Å². The molecule has 94 valence electrons. The van der Waals surface area contributed by atoms with Gasteiger partial charge in [-0.25, -0.2) is 0 Å². The summed E-state index contributed by atoms with van der Waals surface area (Å²) in [5, 5.41) is 20.0. The van der Waals surface area contributed by atoms with Crippen LogP contribution in [0.25, 0.3) is 0 Å². The second kappa shape index (κ2) is 6.34. The van der Waals surface area contributed by atoms with Gasteiger partial charge in [-0.2, -0.15) is 0 Å². The highest BCUT2D eigenvalue weighted by molar-refractivity contribution is 5.19. The number of hydrogen-bond donors (Lipinski definition) is 2. The van der Waals surface area contributed by atoms with Gasteiger partial charge in [-0.3, -0.25) is 0 Å². The van der Waals surface area contributed by atoms with Gasteiger partial charge in [0.15, 0.2) is 0 Å². The van der Waals surface area contributed by atoms with Crippen molar-refractivity contribution in [2.75, 3.05) is 0 Å². The maximum absolute atomic E-state index is 10.0. The molecule has 2 rings (SSSR count). The quantitative estimate of drug-likeness (QED) is 0.845. The topological polar surface area (TPSA) is 40.5 Å². The molecule has 2 aromatic carbocycles. The molecule has 0 amide bonds. The Morgan fingerprint density at radius 3 is 1.28 bits per heavy atom. The summed E-state index contributed by atoms with van der Waals surface area (Å²) in [5.74, 6) is 0. The third kappa shape index (κ3) is 3.42. The fourth-order valence-corrected chi connectivity index (χ4v) is 2.00. The van der Waals surface area contributed by atoms with E-state index in [1.54, 1.807) is 0 Å². The predicted octanol–water partition coefficient (Wildman–Crippen LogP) is 3.23. The summed E-state index contributed by atoms with van der Waals surface area (Å²) in [6.45, 7) is 0. The molecule has 2 aromatic rings. The van der Waals surface area contributed by atoms with Gasteiger partial charge >= 0.3 is 0 Å². The van der Waals surface area contributed by atoms with Crippen LogP contribution in [0.15, 0.2) is 60.7 Å². The molecule has 2 nitrogen and oxygen atoms in total. The van der Waals surface area contributed by atoms with Crippen LogP contribution >= 0.6 is 0 Å². The zero-order valence-electron chi connectivity index (χ0n) is 10.2. The van der Waals surface area contributed by atoms with E-state index in [4.69, 9.17) is 0 Å². The van der Waals surface area contributed by atoms with Crippen molar-refractivity contribution < 1.29 is 10.2 Å². The Morgan fingerprint density at radius 2 is 0.944 bits per heavy atom. The molecule has 0 fully saturated rings. The Bertz CT molecular complexity index is 408. The highest BCUT2D eigenvalue weighted by Gasteiger charge is 2.12. The monoisotopic (exact) mass is 242 g/mol. The minimum atomic E-state index is -0.510. The van der Waals surface area contributed by atoms with Gasteiger partial charge in [-0.15, -0.1) is 0 Å². The fraction of sp³-hybridized carbons (Fsp3) is 0.250. The SMILES string of the molecule is OC(CCC(O)c1ccccc1)c1ccccc1. The second-order valence-corrected chi connectivity index (χ2v) is 4.43. The first-order chi connectivity index (χ1) is 8.77. The van der Waals surface area contributed by atoms with Crippen molar-refractivity contribution >= 4 is 0 Å². The molecule has 2 N–H and O–H groups in total. The lowest BCUT2D eigenvalue weighted by molar-refractivity contribution is 0.115. The second-order valence-electron chi connectivity index (χ2n) is 4.43. The Balaban J connectivity index is 1.89. The van der Waals surface area contributed by atoms with Gasteiger partial charge in [-0.1, -0.05) is 60.7 Å². The minimum absolute atomic E-state index is 0.510. The van der Waals surface area contributed by atoms with Gasteiger partial charge < -0.3 is 10.2 Å². The Kier molecular flexibility index (Phi) is 4.51. The van der Waals surface area contributed by atoms with E-state index in [-0.39, 0.29) is 0 Å². The maximum Gasteiger partial charge on any atom is 0.0791 e. The zero-order chi connectivity index (χ0) is 12.8. The molecular weight excluding hydrogens is 224 g/mol. The van der Waals surface area contributed by atoms with Crippen LogP contribution in [0, 0.1) is 0 Å². The van der Waals surface area contributed by atoms with Crippen molar-refractivity contribution in [3.8, 4) is 0 Å². The highest BCUT2D eigenvalue weighted by Crippen LogP contribution is 2.24. The molecular formula is C16H18O2. The zero-order valence-corrected chi connectivity index (χ0v) is 10.2. The molecule has 18 heavy (non-hydrogen) atoms. The normalized spacial score (nSPS) is 14.1. The number of hydrogen-bond acceptors (Lipinski definition) is 2. The lowest BCUT2D eigenvalue weighted by Gasteiger charge is -2.14. The smallest absolute Gasteiger partial charge is 0.0791 e. The van der Waals surface area contributed by atoms with Crippen molar-refractivity contribution in [1.82, 2.24) is 0 Å². The van der Waals surface area contributed by atoms with Crippen LogP contribution in [0.4, 0.5) is 0 Å². The molecule has 0 radical (unpaired) electrons. The van der Waals surface area contributed by atoms with Crippen molar-refractivity contribution in [3.63, 3.8) is 0 Å². The van der Waals surface area contributed by atoms with Crippen molar-refractivity contribution in [3.05, 3.63) is 71.8 Å². The molecule has 2 heteroatoms. The van der Waals surface area contributed by atoms with Gasteiger partial charge in [0.25, 0.3) is 0 Å². The number of aliphatic hydroxyl groups is 2. The first-order valence-electron chi connectivity index (χ1n) is 6.23. The molecule has 0 aliphatic rings. The Morgan fingerprint density at radius 1 is 0.611 bits per heavy atom. The van der Waals surface area contributed by atoms with E-state index in [2.05, 4.69) is 0 Å². The van der Waals surface area contributed by atoms with E-state index in [9.17, 15) is 10.2 Å². The van der Waals surface area contributed by atoms with E-state index in [0.29, 0.717) is 12.8 Å². The highest BCUT2D eigenvalue weighted by atomic mass is 16.3. The predicted molar refractivity (Wildman–Crippen MR) is 72.0 cm³/mol. The summed E-state index contributed by atoms with van der Waals surface area (Å²) in [5.41, 5.74) is 1.80. The van der Waals surface area contributed by atoms with E-state index in [1.165, 1.54) is 0 Å². The van der Waals surface area contributed by atoms with Crippen LogP contribution in [-0.2, 0) is 0 Å². The summed E-state index contributed by atoms with van der Waals surface area (Å²) in [6.07, 6.45) is 0.0919. The summed E-state index contributed by atoms with van der Waals surface area (Å²) in [4.78, 5) is 0. The van der Waals surface area contributed by atoms with Crippen LogP contribution in [0.3, 0.4) is 0 Å². The first kappa shape index (κ1) is 12.8. The molecule has 0 saturated heterocycles. The van der Waals surface area contributed by atoms with Crippen LogP contribution in [0.5, 0.6) is 0 Å². The van der Waals surface area contributed by atoms with Gasteiger partial charge in [-0.05, 0) is 24.0 Å². The van der Waals surface area contributed by atoms with Crippen LogP contribution in [0.2, 0.25) is 0 Å². The third-order valence-electron chi connectivity index (χ3n) is 3.08. The van der Waals surface area contributed by atoms with E-state index < -0.39 is 12.2 Å². The number of benzene rings is 2. The van der Waals surface area contributed by atoms with Crippen molar-refractivity contribution in [1.29, 1.82) is 0 Å². The van der Waals surface area contributed by atoms with E-state index >= 15 is 0 Å². The summed E-state index contributed by atoms with van der Waals surface area (Å²) in [7, 11) is 0. The first-order valence-corrected chi connectivity index (χ1v) is 6.23. The lowest BCUT2D eigenvalue weighted by Crippen LogP contribution is -2.02. The molecule has 0 aromatic heterocycles. The molecule has 0 heterocycles. The summed E-state index contributed by atoms with van der Waals surface area (Å²) < 4.78 is 0. The van der Waals surface area contributed by atoms with Crippen LogP contribution in [-0.4, -0.2) is 10.2 Å². The molecule has 0 bridgehead atoms. The summed E-state index contributed by atoms with van der Waals surface area (Å²) >= 11 is 0. The molecule has 0 aliphatic carbocycles. The molecule has 2 unspecified atom stereocenters. The largest absolute Gasteiger partial charge is 0.388 e. The standard InChI is InChI=1S/C16H18O2/c17-15(13-7-3-1-4-8-13)11-12-16(18)14-9-5-2-6-10-14/h1-10,15-18H,11-12H2. The average Bonchev–Trinajstić information content (AvgIpc) is 2.46. The average molecular weight is 242 g/mol. The summed E-state index contributed by atoms with van der Waals surface area (Å²) in [6, 6.07) is 19.1. The fourth-order valence-electron chi connectivity index (χ4n) is 2.00. The maximum atomic E-state index is 10.0. The Labute approximate surface area is 108 Å². The molecule has 0 aliphatic heterocycles. The lowest BCUT2D eigenvalue weighted by atomic mass is 9.99. The van der Waals surface area contributed by atoms with Gasteiger partial charge in [0.2, 0.25) is 0 Å². The van der Waals surface area contributed by atoms with Gasteiger partial charge in [0.1, 0.15) is 0 Å². The number of aliphatic hydroxyl groups excluding tert-OH is 2. The minimum Gasteiger partial charge on any atom is -0.388 e. The van der Waals surface area contributed by atoms with Crippen molar-refractivity contribution in [2.45, 2.75) is 25.0 Å². The van der Waals surface area contributed by atoms with Gasteiger partial charge in [0.05, 0.1) is 12.2 Å². The van der Waals surface area contributed by atoms with Crippen LogP contribution < -0.4 is 0 Å². The van der Waals surface area contributed by atoms with E-state index in [0.717, 1.165) is 11.1 Å². The molecule has 0 saturated carbocycles. The number of rotatable bonds is 5. The van der Waals surface area contributed by atoms with Crippen molar-refractivity contribution in [2.24, 2.45) is 0 Å². The molecule has 0 spiro atoms. The Hall–Kier alpha value is -1.64. The third-order valence-corrected chi connectivity index (χ3v) is 3.08. The van der Waals surface area contributed by atoms with Gasteiger partial charge in [0, 0.05) is 0 Å². The van der Waals surface area contributed by atoms with Crippen LogP contribution in [0.1, 0.15) is 36.2 Å². The molecule has 2 atom stereocenters.